The molecule has 0 aromatic rings. The predicted octanol–water partition coefficient (Wildman–Crippen LogP) is 1.76. The number of hydrogen-bond acceptors (Lipinski definition) is 2. The summed E-state index contributed by atoms with van der Waals surface area (Å²) in [5.74, 6) is 0.231. The number of hydrogen-bond donors (Lipinski definition) is 0. The highest BCUT2D eigenvalue weighted by atomic mass is 16.6. The van der Waals surface area contributed by atoms with Gasteiger partial charge in [-0.05, 0) is 13.8 Å². The zero-order valence-electron chi connectivity index (χ0n) is 7.20. The quantitative estimate of drug-likeness (QED) is 0.425. The molecule has 0 aliphatic carbocycles. The van der Waals surface area contributed by atoms with E-state index in [4.69, 9.17) is 4.74 Å². The van der Waals surface area contributed by atoms with Crippen molar-refractivity contribution in [2.75, 3.05) is 0 Å². The molecule has 0 radical (unpaired) electrons. The highest BCUT2D eigenvalue weighted by Crippen LogP contribution is 2.28. The van der Waals surface area contributed by atoms with E-state index in [1.807, 2.05) is 32.9 Å². The Kier molecular flexibility index (Phi) is 2.32. The Balaban J connectivity index is 2.71. The van der Waals surface area contributed by atoms with Crippen LogP contribution in [0.3, 0.4) is 0 Å². The lowest BCUT2D eigenvalue weighted by molar-refractivity contribution is -0.143. The molecule has 0 spiro atoms. The molecule has 0 bridgehead atoms. The average molecular weight is 154 g/mol. The molecule has 1 aliphatic heterocycles. The fourth-order valence-electron chi connectivity index (χ4n) is 1.48. The van der Waals surface area contributed by atoms with Crippen LogP contribution in [0.2, 0.25) is 0 Å². The van der Waals surface area contributed by atoms with Crippen molar-refractivity contribution in [3.05, 3.63) is 12.2 Å². The molecule has 1 rings (SSSR count). The highest BCUT2D eigenvalue weighted by molar-refractivity contribution is 5.75. The zero-order chi connectivity index (χ0) is 8.43. The summed E-state index contributed by atoms with van der Waals surface area (Å²) in [6.07, 6.45) is 4.06. The second-order valence-electron chi connectivity index (χ2n) is 3.03. The van der Waals surface area contributed by atoms with Crippen molar-refractivity contribution in [3.63, 3.8) is 0 Å². The van der Waals surface area contributed by atoms with E-state index in [1.54, 1.807) is 0 Å². The largest absolute Gasteiger partial charge is 0.462 e. The minimum atomic E-state index is -0.0689. The van der Waals surface area contributed by atoms with Crippen molar-refractivity contribution >= 4 is 5.97 Å². The van der Waals surface area contributed by atoms with Crippen LogP contribution < -0.4 is 0 Å². The third-order valence-electron chi connectivity index (χ3n) is 2.21. The molecule has 3 unspecified atom stereocenters. The molecular weight excluding hydrogens is 140 g/mol. The second-order valence-corrected chi connectivity index (χ2v) is 3.03. The Morgan fingerprint density at radius 2 is 2.09 bits per heavy atom. The maximum absolute atomic E-state index is 11.0. The van der Waals surface area contributed by atoms with Crippen molar-refractivity contribution < 1.29 is 9.53 Å². The average Bonchev–Trinajstić information content (AvgIpc) is 2.17. The molecule has 2 nitrogen and oxygen atoms in total. The molecule has 1 aliphatic rings. The molecule has 0 amide bonds. The minimum Gasteiger partial charge on any atom is -0.462 e. The zero-order valence-corrected chi connectivity index (χ0v) is 7.20. The number of carbonyl (C=O) groups is 1. The lowest BCUT2D eigenvalue weighted by Gasteiger charge is -2.09. The molecule has 3 atom stereocenters. The van der Waals surface area contributed by atoms with Crippen molar-refractivity contribution in [3.8, 4) is 0 Å². The summed E-state index contributed by atoms with van der Waals surface area (Å²) in [4.78, 5) is 11.0. The van der Waals surface area contributed by atoms with E-state index in [1.165, 1.54) is 0 Å². The fourth-order valence-corrected chi connectivity index (χ4v) is 1.48. The van der Waals surface area contributed by atoms with Gasteiger partial charge in [-0.15, -0.1) is 0 Å². The molecule has 1 heterocycles. The van der Waals surface area contributed by atoms with Crippen LogP contribution in [0.15, 0.2) is 12.2 Å². The summed E-state index contributed by atoms with van der Waals surface area (Å²) < 4.78 is 5.05. The van der Waals surface area contributed by atoms with Gasteiger partial charge in [0, 0.05) is 5.92 Å². The Hall–Kier alpha value is -0.790. The number of carbonyl (C=O) groups excluding carboxylic acids is 1. The Morgan fingerprint density at radius 3 is 2.45 bits per heavy atom. The summed E-state index contributed by atoms with van der Waals surface area (Å²) in [6, 6.07) is 0. The summed E-state index contributed by atoms with van der Waals surface area (Å²) in [7, 11) is 0. The summed E-state index contributed by atoms with van der Waals surface area (Å²) in [5, 5.41) is 0. The molecule has 0 N–H and O–H groups in total. The smallest absolute Gasteiger partial charge is 0.309 e. The van der Waals surface area contributed by atoms with E-state index in [0.717, 1.165) is 0 Å². The van der Waals surface area contributed by atoms with Gasteiger partial charge in [0.2, 0.25) is 0 Å². The van der Waals surface area contributed by atoms with Gasteiger partial charge in [0.25, 0.3) is 0 Å². The van der Waals surface area contributed by atoms with Gasteiger partial charge >= 0.3 is 5.97 Å². The SMILES string of the molecule is CC=CC1C(C)OC(=O)C1C. The summed E-state index contributed by atoms with van der Waals surface area (Å²) in [6.45, 7) is 5.81. The number of rotatable bonds is 1. The van der Waals surface area contributed by atoms with Crippen molar-refractivity contribution in [1.29, 1.82) is 0 Å². The van der Waals surface area contributed by atoms with Gasteiger partial charge in [0.1, 0.15) is 6.10 Å². The molecular formula is C9H14O2. The van der Waals surface area contributed by atoms with Gasteiger partial charge in [-0.25, -0.2) is 0 Å². The van der Waals surface area contributed by atoms with E-state index in [0.29, 0.717) is 0 Å². The Bertz CT molecular complexity index is 184. The number of cyclic esters (lactones) is 1. The second kappa shape index (κ2) is 3.07. The maximum Gasteiger partial charge on any atom is 0.309 e. The first kappa shape index (κ1) is 8.31. The molecule has 11 heavy (non-hydrogen) atoms. The summed E-state index contributed by atoms with van der Waals surface area (Å²) in [5.41, 5.74) is 0. The van der Waals surface area contributed by atoms with E-state index in [9.17, 15) is 4.79 Å². The number of allylic oxidation sites excluding steroid dienone is 1. The lowest BCUT2D eigenvalue weighted by Crippen LogP contribution is -2.13. The van der Waals surface area contributed by atoms with Crippen LogP contribution in [0.1, 0.15) is 20.8 Å². The van der Waals surface area contributed by atoms with Gasteiger partial charge in [0.15, 0.2) is 0 Å². The van der Waals surface area contributed by atoms with Gasteiger partial charge in [0.05, 0.1) is 5.92 Å². The third-order valence-corrected chi connectivity index (χ3v) is 2.21. The van der Waals surface area contributed by atoms with Crippen molar-refractivity contribution in [2.45, 2.75) is 26.9 Å². The van der Waals surface area contributed by atoms with E-state index in [2.05, 4.69) is 0 Å². The highest BCUT2D eigenvalue weighted by Gasteiger charge is 2.36. The monoisotopic (exact) mass is 154 g/mol. The van der Waals surface area contributed by atoms with E-state index >= 15 is 0 Å². The first-order valence-corrected chi connectivity index (χ1v) is 4.00. The third kappa shape index (κ3) is 1.44. The van der Waals surface area contributed by atoms with Crippen LogP contribution in [-0.2, 0) is 9.53 Å². The van der Waals surface area contributed by atoms with Crippen LogP contribution in [0, 0.1) is 11.8 Å². The van der Waals surface area contributed by atoms with Crippen LogP contribution in [0.25, 0.3) is 0 Å². The van der Waals surface area contributed by atoms with E-state index in [-0.39, 0.29) is 23.9 Å². The standard InChI is InChI=1S/C9H14O2/c1-4-5-8-6(2)9(10)11-7(8)3/h4-8H,1-3H3. The normalized spacial score (nSPS) is 38.1. The number of esters is 1. The van der Waals surface area contributed by atoms with Crippen LogP contribution >= 0.6 is 0 Å². The number of ether oxygens (including phenoxy) is 1. The van der Waals surface area contributed by atoms with Crippen LogP contribution in [-0.4, -0.2) is 12.1 Å². The molecule has 1 fully saturated rings. The van der Waals surface area contributed by atoms with Crippen LogP contribution in [0.5, 0.6) is 0 Å². The topological polar surface area (TPSA) is 26.3 Å². The molecule has 2 heteroatoms. The maximum atomic E-state index is 11.0. The predicted molar refractivity (Wildman–Crippen MR) is 43.0 cm³/mol. The van der Waals surface area contributed by atoms with Crippen LogP contribution in [0.4, 0.5) is 0 Å². The lowest BCUT2D eigenvalue weighted by atomic mass is 9.92. The molecule has 0 aromatic heterocycles. The van der Waals surface area contributed by atoms with Gasteiger partial charge in [-0.2, -0.15) is 0 Å². The Morgan fingerprint density at radius 1 is 1.45 bits per heavy atom. The first-order chi connectivity index (χ1) is 5.16. The van der Waals surface area contributed by atoms with Gasteiger partial charge in [-0.3, -0.25) is 4.79 Å². The summed E-state index contributed by atoms with van der Waals surface area (Å²) >= 11 is 0. The van der Waals surface area contributed by atoms with E-state index < -0.39 is 0 Å². The fraction of sp³-hybridized carbons (Fsp3) is 0.667. The molecule has 0 saturated carbocycles. The van der Waals surface area contributed by atoms with Gasteiger partial charge < -0.3 is 4.74 Å². The van der Waals surface area contributed by atoms with Crippen molar-refractivity contribution in [1.82, 2.24) is 0 Å². The minimum absolute atomic E-state index is 0.0289. The Labute approximate surface area is 67.2 Å². The first-order valence-electron chi connectivity index (χ1n) is 4.00. The molecule has 1 saturated heterocycles. The van der Waals surface area contributed by atoms with Crippen molar-refractivity contribution in [2.24, 2.45) is 11.8 Å². The molecule has 0 aromatic carbocycles. The van der Waals surface area contributed by atoms with Gasteiger partial charge in [-0.1, -0.05) is 19.1 Å². The molecule has 62 valence electrons.